The summed E-state index contributed by atoms with van der Waals surface area (Å²) in [7, 11) is 1.53. The summed E-state index contributed by atoms with van der Waals surface area (Å²) in [5, 5.41) is 13.3. The summed E-state index contributed by atoms with van der Waals surface area (Å²) in [5.41, 5.74) is 1.40. The van der Waals surface area contributed by atoms with E-state index in [0.717, 1.165) is 0 Å². The van der Waals surface area contributed by atoms with Gasteiger partial charge in [0, 0.05) is 5.69 Å². The molecule has 0 bridgehead atoms. The fourth-order valence-electron chi connectivity index (χ4n) is 1.63. The predicted molar refractivity (Wildman–Crippen MR) is 66.8 cm³/mol. The van der Waals surface area contributed by atoms with E-state index >= 15 is 0 Å². The third-order valence-corrected chi connectivity index (χ3v) is 2.78. The average Bonchev–Trinajstić information content (AvgIpc) is 2.71. The Balaban J connectivity index is 2.48. The molecular formula is C12H11ClN2O3. The Labute approximate surface area is 109 Å². The van der Waals surface area contributed by atoms with Crippen molar-refractivity contribution in [3.05, 3.63) is 40.7 Å². The molecule has 0 fully saturated rings. The van der Waals surface area contributed by atoms with E-state index in [1.54, 1.807) is 25.1 Å². The van der Waals surface area contributed by atoms with E-state index in [1.165, 1.54) is 17.9 Å². The maximum absolute atomic E-state index is 10.8. The van der Waals surface area contributed by atoms with Crippen LogP contribution in [0.1, 0.15) is 16.2 Å². The number of aromatic carboxylic acids is 1. The number of nitrogens with zero attached hydrogens (tertiary/aromatic N) is 2. The largest absolute Gasteiger partial charge is 0.495 e. The SMILES string of the molecule is COc1ccc(-n2nc(C(=O)O)cc2C)cc1Cl. The van der Waals surface area contributed by atoms with Gasteiger partial charge in [0.05, 0.1) is 17.8 Å². The number of aromatic nitrogens is 2. The molecule has 5 nitrogen and oxygen atoms in total. The standard InChI is InChI=1S/C12H11ClN2O3/c1-7-5-10(12(16)17)14-15(7)8-3-4-11(18-2)9(13)6-8/h3-6H,1-2H3,(H,16,17). The van der Waals surface area contributed by atoms with Crippen LogP contribution in [0.4, 0.5) is 0 Å². The van der Waals surface area contributed by atoms with E-state index in [1.807, 2.05) is 0 Å². The Morgan fingerprint density at radius 2 is 2.17 bits per heavy atom. The topological polar surface area (TPSA) is 64.4 Å². The number of hydrogen-bond donors (Lipinski definition) is 1. The number of benzene rings is 1. The van der Waals surface area contributed by atoms with Crippen molar-refractivity contribution < 1.29 is 14.6 Å². The van der Waals surface area contributed by atoms with Gasteiger partial charge in [-0.3, -0.25) is 0 Å². The van der Waals surface area contributed by atoms with Crippen LogP contribution in [0, 0.1) is 6.92 Å². The van der Waals surface area contributed by atoms with Crippen LogP contribution in [0.15, 0.2) is 24.3 Å². The molecule has 1 N–H and O–H groups in total. The summed E-state index contributed by atoms with van der Waals surface area (Å²) in [5.74, 6) is -0.500. The molecule has 0 saturated carbocycles. The lowest BCUT2D eigenvalue weighted by atomic mass is 10.3. The lowest BCUT2D eigenvalue weighted by Crippen LogP contribution is -2.02. The predicted octanol–water partition coefficient (Wildman–Crippen LogP) is 2.54. The smallest absolute Gasteiger partial charge is 0.356 e. The van der Waals surface area contributed by atoms with Crippen LogP contribution in [0.3, 0.4) is 0 Å². The molecule has 0 radical (unpaired) electrons. The summed E-state index contributed by atoms with van der Waals surface area (Å²) in [4.78, 5) is 10.8. The summed E-state index contributed by atoms with van der Waals surface area (Å²) in [6, 6.07) is 6.64. The van der Waals surface area contributed by atoms with Crippen LogP contribution >= 0.6 is 11.6 Å². The molecule has 1 aromatic heterocycles. The van der Waals surface area contributed by atoms with Crippen molar-refractivity contribution in [2.75, 3.05) is 7.11 Å². The van der Waals surface area contributed by atoms with E-state index < -0.39 is 5.97 Å². The Morgan fingerprint density at radius 3 is 2.67 bits per heavy atom. The maximum atomic E-state index is 10.8. The van der Waals surface area contributed by atoms with Crippen LogP contribution in [0.2, 0.25) is 5.02 Å². The molecule has 0 unspecified atom stereocenters. The van der Waals surface area contributed by atoms with Crippen molar-refractivity contribution in [1.82, 2.24) is 9.78 Å². The molecule has 1 heterocycles. The summed E-state index contributed by atoms with van der Waals surface area (Å²) in [6.45, 7) is 1.78. The van der Waals surface area contributed by atoms with Crippen LogP contribution < -0.4 is 4.74 Å². The molecule has 18 heavy (non-hydrogen) atoms. The molecule has 0 atom stereocenters. The molecular weight excluding hydrogens is 256 g/mol. The first-order valence-corrected chi connectivity index (χ1v) is 5.54. The number of aryl methyl sites for hydroxylation is 1. The second-order valence-electron chi connectivity index (χ2n) is 3.71. The third kappa shape index (κ3) is 2.17. The number of methoxy groups -OCH3 is 1. The first-order chi connectivity index (χ1) is 8.52. The lowest BCUT2D eigenvalue weighted by molar-refractivity contribution is 0.0690. The van der Waals surface area contributed by atoms with Crippen molar-refractivity contribution in [3.8, 4) is 11.4 Å². The van der Waals surface area contributed by atoms with Gasteiger partial charge in [-0.05, 0) is 31.2 Å². The van der Waals surface area contributed by atoms with E-state index in [9.17, 15) is 4.79 Å². The van der Waals surface area contributed by atoms with Crippen LogP contribution in [-0.2, 0) is 0 Å². The van der Waals surface area contributed by atoms with Gasteiger partial charge in [-0.25, -0.2) is 9.48 Å². The third-order valence-electron chi connectivity index (χ3n) is 2.49. The highest BCUT2D eigenvalue weighted by Gasteiger charge is 2.12. The van der Waals surface area contributed by atoms with Gasteiger partial charge in [0.15, 0.2) is 5.69 Å². The highest BCUT2D eigenvalue weighted by Crippen LogP contribution is 2.27. The van der Waals surface area contributed by atoms with Gasteiger partial charge in [-0.1, -0.05) is 11.6 Å². The minimum atomic E-state index is -1.06. The number of ether oxygens (including phenoxy) is 1. The number of carboxylic acid groups (broad SMARTS) is 1. The van der Waals surface area contributed by atoms with Crippen molar-refractivity contribution in [1.29, 1.82) is 0 Å². The molecule has 0 aliphatic heterocycles. The maximum Gasteiger partial charge on any atom is 0.356 e. The molecule has 0 aliphatic rings. The Bertz CT molecular complexity index is 607. The molecule has 0 saturated heterocycles. The second-order valence-corrected chi connectivity index (χ2v) is 4.11. The quantitative estimate of drug-likeness (QED) is 0.927. The monoisotopic (exact) mass is 266 g/mol. The number of carbonyl (C=O) groups is 1. The van der Waals surface area contributed by atoms with Gasteiger partial charge in [0.25, 0.3) is 0 Å². The minimum absolute atomic E-state index is 0.000518. The van der Waals surface area contributed by atoms with E-state index in [-0.39, 0.29) is 5.69 Å². The van der Waals surface area contributed by atoms with Gasteiger partial charge in [0.1, 0.15) is 5.75 Å². The summed E-state index contributed by atoms with van der Waals surface area (Å²) < 4.78 is 6.58. The number of rotatable bonds is 3. The normalized spacial score (nSPS) is 10.4. The zero-order valence-electron chi connectivity index (χ0n) is 9.85. The van der Waals surface area contributed by atoms with Gasteiger partial charge in [0.2, 0.25) is 0 Å². The van der Waals surface area contributed by atoms with Crippen LogP contribution in [0.25, 0.3) is 5.69 Å². The van der Waals surface area contributed by atoms with Gasteiger partial charge < -0.3 is 9.84 Å². The molecule has 0 spiro atoms. The summed E-state index contributed by atoms with van der Waals surface area (Å²) in [6.07, 6.45) is 0. The van der Waals surface area contributed by atoms with E-state index in [2.05, 4.69) is 5.10 Å². The Kier molecular flexibility index (Phi) is 3.25. The molecule has 0 aliphatic carbocycles. The van der Waals surface area contributed by atoms with Crippen LogP contribution in [0.5, 0.6) is 5.75 Å². The van der Waals surface area contributed by atoms with Gasteiger partial charge in [-0.2, -0.15) is 5.10 Å². The molecule has 6 heteroatoms. The van der Waals surface area contributed by atoms with Crippen molar-refractivity contribution >= 4 is 17.6 Å². The lowest BCUT2D eigenvalue weighted by Gasteiger charge is -2.07. The molecule has 2 rings (SSSR count). The first-order valence-electron chi connectivity index (χ1n) is 5.17. The minimum Gasteiger partial charge on any atom is -0.495 e. The zero-order valence-corrected chi connectivity index (χ0v) is 10.6. The molecule has 0 amide bonds. The number of hydrogen-bond acceptors (Lipinski definition) is 3. The Morgan fingerprint density at radius 1 is 1.44 bits per heavy atom. The first kappa shape index (κ1) is 12.4. The van der Waals surface area contributed by atoms with Crippen molar-refractivity contribution in [3.63, 3.8) is 0 Å². The highest BCUT2D eigenvalue weighted by atomic mass is 35.5. The fraction of sp³-hybridized carbons (Fsp3) is 0.167. The molecule has 2 aromatic rings. The Hall–Kier alpha value is -2.01. The summed E-state index contributed by atoms with van der Waals surface area (Å²) >= 11 is 6.02. The van der Waals surface area contributed by atoms with Crippen molar-refractivity contribution in [2.45, 2.75) is 6.92 Å². The van der Waals surface area contributed by atoms with Crippen LogP contribution in [-0.4, -0.2) is 28.0 Å². The van der Waals surface area contributed by atoms with Gasteiger partial charge >= 0.3 is 5.97 Å². The van der Waals surface area contributed by atoms with Crippen molar-refractivity contribution in [2.24, 2.45) is 0 Å². The number of halogens is 1. The number of carboxylic acids is 1. The molecule has 94 valence electrons. The fourth-order valence-corrected chi connectivity index (χ4v) is 1.88. The van der Waals surface area contributed by atoms with Gasteiger partial charge in [-0.15, -0.1) is 0 Å². The highest BCUT2D eigenvalue weighted by molar-refractivity contribution is 6.32. The average molecular weight is 267 g/mol. The zero-order chi connectivity index (χ0) is 13.3. The van der Waals surface area contributed by atoms with E-state index in [0.29, 0.717) is 22.2 Å². The van der Waals surface area contributed by atoms with E-state index in [4.69, 9.17) is 21.4 Å². The second kappa shape index (κ2) is 4.70. The molecule has 1 aromatic carbocycles.